The lowest BCUT2D eigenvalue weighted by atomic mass is 10.1. The number of aromatic nitrogens is 2. The SMILES string of the molecule is Cc1ccc(-c2nnc(-c3ccc(C(=O)N4CCN(Cc5cccc(C)c5)CC4)cc3)o2)cc1. The second-order valence-electron chi connectivity index (χ2n) is 8.91. The van der Waals surface area contributed by atoms with Gasteiger partial charge in [-0.25, -0.2) is 0 Å². The highest BCUT2D eigenvalue weighted by atomic mass is 16.4. The molecule has 5 rings (SSSR count). The Morgan fingerprint density at radius 1 is 0.794 bits per heavy atom. The van der Waals surface area contributed by atoms with E-state index in [1.807, 2.05) is 60.4 Å². The van der Waals surface area contributed by atoms with E-state index in [2.05, 4.69) is 46.3 Å². The van der Waals surface area contributed by atoms with E-state index in [0.717, 1.165) is 43.9 Å². The predicted molar refractivity (Wildman–Crippen MR) is 132 cm³/mol. The fraction of sp³-hybridized carbons (Fsp3) is 0.250. The third-order valence-electron chi connectivity index (χ3n) is 6.25. The number of aryl methyl sites for hydroxylation is 2. The monoisotopic (exact) mass is 452 g/mol. The van der Waals surface area contributed by atoms with E-state index in [1.165, 1.54) is 16.7 Å². The van der Waals surface area contributed by atoms with E-state index in [1.54, 1.807) is 0 Å². The number of nitrogens with zero attached hydrogens (tertiary/aromatic N) is 4. The molecule has 1 fully saturated rings. The summed E-state index contributed by atoms with van der Waals surface area (Å²) in [5.41, 5.74) is 6.14. The van der Waals surface area contributed by atoms with Gasteiger partial charge in [-0.15, -0.1) is 10.2 Å². The van der Waals surface area contributed by atoms with Crippen molar-refractivity contribution in [3.8, 4) is 22.9 Å². The van der Waals surface area contributed by atoms with Crippen LogP contribution in [0.3, 0.4) is 0 Å². The summed E-state index contributed by atoms with van der Waals surface area (Å²) in [6.07, 6.45) is 0. The van der Waals surface area contributed by atoms with E-state index >= 15 is 0 Å². The number of hydrogen-bond donors (Lipinski definition) is 0. The normalized spacial score (nSPS) is 14.4. The summed E-state index contributed by atoms with van der Waals surface area (Å²) < 4.78 is 5.86. The molecule has 6 nitrogen and oxygen atoms in total. The first-order chi connectivity index (χ1) is 16.5. The van der Waals surface area contributed by atoms with Crippen LogP contribution in [-0.4, -0.2) is 52.1 Å². The van der Waals surface area contributed by atoms with Crippen LogP contribution in [0.2, 0.25) is 0 Å². The van der Waals surface area contributed by atoms with Gasteiger partial charge in [0.1, 0.15) is 0 Å². The van der Waals surface area contributed by atoms with Crippen LogP contribution in [0.25, 0.3) is 22.9 Å². The molecule has 0 spiro atoms. The van der Waals surface area contributed by atoms with Gasteiger partial charge in [0.25, 0.3) is 5.91 Å². The number of carbonyl (C=O) groups is 1. The van der Waals surface area contributed by atoms with Crippen LogP contribution in [-0.2, 0) is 6.54 Å². The van der Waals surface area contributed by atoms with Gasteiger partial charge >= 0.3 is 0 Å². The summed E-state index contributed by atoms with van der Waals surface area (Å²) in [6.45, 7) is 8.30. The van der Waals surface area contributed by atoms with Gasteiger partial charge in [-0.1, -0.05) is 47.5 Å². The van der Waals surface area contributed by atoms with E-state index in [0.29, 0.717) is 17.3 Å². The van der Waals surface area contributed by atoms with Crippen LogP contribution in [0.1, 0.15) is 27.0 Å². The Bertz CT molecular complexity index is 1270. The van der Waals surface area contributed by atoms with Crippen molar-refractivity contribution in [2.24, 2.45) is 0 Å². The minimum absolute atomic E-state index is 0.0626. The minimum Gasteiger partial charge on any atom is -0.416 e. The first kappa shape index (κ1) is 22.0. The third-order valence-corrected chi connectivity index (χ3v) is 6.25. The molecular formula is C28H28N4O2. The lowest BCUT2D eigenvalue weighted by molar-refractivity contribution is 0.0628. The molecule has 0 saturated carbocycles. The zero-order valence-corrected chi connectivity index (χ0v) is 19.6. The topological polar surface area (TPSA) is 62.5 Å². The molecular weight excluding hydrogens is 424 g/mol. The van der Waals surface area contributed by atoms with Crippen molar-refractivity contribution in [1.82, 2.24) is 20.0 Å². The van der Waals surface area contributed by atoms with Gasteiger partial charge in [0.15, 0.2) is 0 Å². The quantitative estimate of drug-likeness (QED) is 0.427. The van der Waals surface area contributed by atoms with Gasteiger partial charge < -0.3 is 9.32 Å². The first-order valence-electron chi connectivity index (χ1n) is 11.6. The van der Waals surface area contributed by atoms with E-state index in [-0.39, 0.29) is 5.91 Å². The van der Waals surface area contributed by atoms with Crippen LogP contribution < -0.4 is 0 Å². The predicted octanol–water partition coefficient (Wildman–Crippen LogP) is 4.98. The van der Waals surface area contributed by atoms with Crippen molar-refractivity contribution in [3.63, 3.8) is 0 Å². The second kappa shape index (κ2) is 9.61. The van der Waals surface area contributed by atoms with E-state index < -0.39 is 0 Å². The number of amides is 1. The van der Waals surface area contributed by atoms with Gasteiger partial charge in [0.2, 0.25) is 11.8 Å². The Kier molecular flexibility index (Phi) is 6.23. The number of carbonyl (C=O) groups excluding carboxylic acids is 1. The van der Waals surface area contributed by atoms with Crippen molar-refractivity contribution < 1.29 is 9.21 Å². The number of rotatable bonds is 5. The summed E-state index contributed by atoms with van der Waals surface area (Å²) >= 11 is 0. The summed E-state index contributed by atoms with van der Waals surface area (Å²) in [5.74, 6) is 0.991. The van der Waals surface area contributed by atoms with Crippen molar-refractivity contribution in [2.45, 2.75) is 20.4 Å². The summed E-state index contributed by atoms with van der Waals surface area (Å²) in [5, 5.41) is 8.35. The average Bonchev–Trinajstić information content (AvgIpc) is 3.35. The maximum Gasteiger partial charge on any atom is 0.253 e. The summed E-state index contributed by atoms with van der Waals surface area (Å²) in [7, 11) is 0. The molecule has 6 heteroatoms. The molecule has 0 N–H and O–H groups in total. The number of benzene rings is 3. The molecule has 0 bridgehead atoms. The number of piperazine rings is 1. The second-order valence-corrected chi connectivity index (χ2v) is 8.91. The van der Waals surface area contributed by atoms with E-state index in [4.69, 9.17) is 4.42 Å². The molecule has 1 amide bonds. The van der Waals surface area contributed by atoms with Crippen molar-refractivity contribution in [3.05, 3.63) is 95.1 Å². The highest BCUT2D eigenvalue weighted by molar-refractivity contribution is 5.94. The molecule has 3 aromatic carbocycles. The Labute approximate surface area is 199 Å². The minimum atomic E-state index is 0.0626. The molecule has 0 unspecified atom stereocenters. The first-order valence-corrected chi connectivity index (χ1v) is 11.6. The van der Waals surface area contributed by atoms with E-state index in [9.17, 15) is 4.79 Å². The highest BCUT2D eigenvalue weighted by Gasteiger charge is 2.22. The zero-order valence-electron chi connectivity index (χ0n) is 19.6. The van der Waals surface area contributed by atoms with Crippen LogP contribution in [0.5, 0.6) is 0 Å². The molecule has 0 aliphatic carbocycles. The Morgan fingerprint density at radius 3 is 2.03 bits per heavy atom. The molecule has 1 aromatic heterocycles. The van der Waals surface area contributed by atoms with Crippen LogP contribution >= 0.6 is 0 Å². The average molecular weight is 453 g/mol. The van der Waals surface area contributed by atoms with Crippen molar-refractivity contribution in [2.75, 3.05) is 26.2 Å². The third kappa shape index (κ3) is 4.92. The smallest absolute Gasteiger partial charge is 0.253 e. The largest absolute Gasteiger partial charge is 0.416 e. The standard InChI is InChI=1S/C28H28N4O2/c1-20-6-8-23(9-7-20)26-29-30-27(34-26)24-10-12-25(13-11-24)28(33)32-16-14-31(15-17-32)19-22-5-3-4-21(2)18-22/h3-13,18H,14-17,19H2,1-2H3. The lowest BCUT2D eigenvalue weighted by Crippen LogP contribution is -2.48. The molecule has 1 aliphatic rings. The Balaban J connectivity index is 1.19. The Hall–Kier alpha value is -3.77. The fourth-order valence-corrected chi connectivity index (χ4v) is 4.27. The number of hydrogen-bond acceptors (Lipinski definition) is 5. The van der Waals surface area contributed by atoms with Gasteiger partial charge in [0.05, 0.1) is 0 Å². The summed E-state index contributed by atoms with van der Waals surface area (Å²) in [4.78, 5) is 17.4. The van der Waals surface area contributed by atoms with Crippen molar-refractivity contribution >= 4 is 5.91 Å². The molecule has 0 atom stereocenters. The fourth-order valence-electron chi connectivity index (χ4n) is 4.27. The molecule has 1 aliphatic heterocycles. The van der Waals surface area contributed by atoms with Crippen LogP contribution in [0, 0.1) is 13.8 Å². The maximum atomic E-state index is 13.0. The molecule has 0 radical (unpaired) electrons. The molecule has 172 valence electrons. The summed E-state index contributed by atoms with van der Waals surface area (Å²) in [6, 6.07) is 24.0. The molecule has 2 heterocycles. The van der Waals surface area contributed by atoms with Gasteiger partial charge in [-0.2, -0.15) is 0 Å². The maximum absolute atomic E-state index is 13.0. The zero-order chi connectivity index (χ0) is 23.5. The van der Waals surface area contributed by atoms with Crippen LogP contribution in [0.15, 0.2) is 77.2 Å². The molecule has 1 saturated heterocycles. The van der Waals surface area contributed by atoms with Gasteiger partial charge in [-0.05, 0) is 55.8 Å². The van der Waals surface area contributed by atoms with Crippen LogP contribution in [0.4, 0.5) is 0 Å². The van der Waals surface area contributed by atoms with Crippen molar-refractivity contribution in [1.29, 1.82) is 0 Å². The molecule has 4 aromatic rings. The van der Waals surface area contributed by atoms with Gasteiger partial charge in [0, 0.05) is 49.4 Å². The van der Waals surface area contributed by atoms with Gasteiger partial charge in [-0.3, -0.25) is 9.69 Å². The lowest BCUT2D eigenvalue weighted by Gasteiger charge is -2.34. The molecule has 34 heavy (non-hydrogen) atoms. The highest BCUT2D eigenvalue weighted by Crippen LogP contribution is 2.25. The Morgan fingerprint density at radius 2 is 1.41 bits per heavy atom.